The average molecular weight is 160 g/mol. The smallest absolute Gasteiger partial charge is 0.0727 e. The number of ether oxygens (including phenoxy) is 1. The van der Waals surface area contributed by atoms with Gasteiger partial charge in [-0.3, -0.25) is 0 Å². The fourth-order valence-corrected chi connectivity index (χ4v) is 1.44. The van der Waals surface area contributed by atoms with E-state index in [2.05, 4.69) is 37.3 Å². The monoisotopic (exact) mass is 160 g/mol. The highest BCUT2D eigenvalue weighted by atomic mass is 16.5. The second kappa shape index (κ2) is 3.11. The molecule has 0 bridgehead atoms. The zero-order valence-electron chi connectivity index (χ0n) is 7.21. The molecule has 0 N–H and O–H groups in total. The minimum Gasteiger partial charge on any atom is -0.372 e. The molecule has 0 amide bonds. The minimum absolute atomic E-state index is 0.740. The lowest BCUT2D eigenvalue weighted by atomic mass is 10.1. The number of hydrogen-bond acceptors (Lipinski definition) is 1. The third-order valence-electron chi connectivity index (χ3n) is 2.04. The Morgan fingerprint density at radius 2 is 2.00 bits per heavy atom. The lowest BCUT2D eigenvalue weighted by molar-refractivity contribution is 0.144. The Morgan fingerprint density at radius 1 is 1.17 bits per heavy atom. The van der Waals surface area contributed by atoms with Crippen molar-refractivity contribution < 1.29 is 4.74 Å². The van der Waals surface area contributed by atoms with E-state index in [1.54, 1.807) is 0 Å². The van der Waals surface area contributed by atoms with Crippen molar-refractivity contribution in [1.29, 1.82) is 0 Å². The van der Waals surface area contributed by atoms with E-state index < -0.39 is 0 Å². The summed E-state index contributed by atoms with van der Waals surface area (Å²) in [4.78, 5) is 0. The van der Waals surface area contributed by atoms with Crippen LogP contribution in [0.3, 0.4) is 0 Å². The molecule has 0 aromatic heterocycles. The zero-order chi connectivity index (χ0) is 8.39. The van der Waals surface area contributed by atoms with Crippen LogP contribution < -0.4 is 0 Å². The number of rotatable bonds is 0. The highest BCUT2D eigenvalue weighted by molar-refractivity contribution is 5.56. The molecular formula is C11H12O. The second-order valence-corrected chi connectivity index (χ2v) is 3.18. The summed E-state index contributed by atoms with van der Waals surface area (Å²) >= 11 is 0. The second-order valence-electron chi connectivity index (χ2n) is 3.18. The summed E-state index contributed by atoms with van der Waals surface area (Å²) in [6, 6.07) is 8.36. The van der Waals surface area contributed by atoms with Gasteiger partial charge in [-0.25, -0.2) is 0 Å². The molecule has 1 aromatic rings. The van der Waals surface area contributed by atoms with Crippen molar-refractivity contribution in [2.75, 3.05) is 6.61 Å². The van der Waals surface area contributed by atoms with Crippen LogP contribution in [0.5, 0.6) is 0 Å². The van der Waals surface area contributed by atoms with Gasteiger partial charge in [0.2, 0.25) is 0 Å². The van der Waals surface area contributed by atoms with Crippen molar-refractivity contribution in [2.45, 2.75) is 13.5 Å². The topological polar surface area (TPSA) is 9.23 Å². The Hall–Kier alpha value is -1.08. The van der Waals surface area contributed by atoms with Crippen molar-refractivity contribution in [2.24, 2.45) is 0 Å². The summed E-state index contributed by atoms with van der Waals surface area (Å²) in [5.74, 6) is 0. The molecule has 62 valence electrons. The molecule has 2 rings (SSSR count). The maximum atomic E-state index is 5.46. The van der Waals surface area contributed by atoms with E-state index in [4.69, 9.17) is 4.74 Å². The number of fused-ring (bicyclic) bond motifs is 1. The van der Waals surface area contributed by atoms with Gasteiger partial charge in [0.25, 0.3) is 0 Å². The Morgan fingerprint density at radius 3 is 2.92 bits per heavy atom. The predicted octanol–water partition coefficient (Wildman–Crippen LogP) is 2.62. The first-order chi connectivity index (χ1) is 5.86. The van der Waals surface area contributed by atoms with Gasteiger partial charge in [0, 0.05) is 0 Å². The summed E-state index contributed by atoms with van der Waals surface area (Å²) in [6.45, 7) is 3.60. The van der Waals surface area contributed by atoms with Gasteiger partial charge in [-0.15, -0.1) is 0 Å². The van der Waals surface area contributed by atoms with Crippen molar-refractivity contribution in [3.63, 3.8) is 0 Å². The Labute approximate surface area is 72.7 Å². The third kappa shape index (κ3) is 1.41. The van der Waals surface area contributed by atoms with Crippen molar-refractivity contribution in [1.82, 2.24) is 0 Å². The van der Waals surface area contributed by atoms with Crippen LogP contribution >= 0.6 is 0 Å². The molecule has 0 unspecified atom stereocenters. The third-order valence-corrected chi connectivity index (χ3v) is 2.04. The van der Waals surface area contributed by atoms with E-state index in [0.29, 0.717) is 0 Å². The molecule has 0 fully saturated rings. The van der Waals surface area contributed by atoms with Gasteiger partial charge in [-0.05, 0) is 23.6 Å². The average Bonchev–Trinajstić information content (AvgIpc) is 2.25. The molecule has 1 aliphatic rings. The standard InChI is InChI=1S/C11H12O/c1-9-6-10-4-2-3-5-11(10)8-12-7-9/h2-6H,7-8H2,1H3. The van der Waals surface area contributed by atoms with E-state index in [1.807, 2.05) is 0 Å². The van der Waals surface area contributed by atoms with Gasteiger partial charge in [-0.1, -0.05) is 30.3 Å². The van der Waals surface area contributed by atoms with Gasteiger partial charge < -0.3 is 4.74 Å². The van der Waals surface area contributed by atoms with Crippen LogP contribution in [0.4, 0.5) is 0 Å². The van der Waals surface area contributed by atoms with E-state index >= 15 is 0 Å². The normalized spacial score (nSPS) is 16.2. The lowest BCUT2D eigenvalue weighted by Crippen LogP contribution is -1.92. The molecule has 0 saturated heterocycles. The molecule has 1 aromatic carbocycles. The summed E-state index contributed by atoms with van der Waals surface area (Å²) in [7, 11) is 0. The largest absolute Gasteiger partial charge is 0.372 e. The van der Waals surface area contributed by atoms with Crippen molar-refractivity contribution >= 4 is 6.08 Å². The van der Waals surface area contributed by atoms with Crippen LogP contribution in [0.1, 0.15) is 18.1 Å². The SMILES string of the molecule is CC1=Cc2ccccc2COC1. The fraction of sp³-hybridized carbons (Fsp3) is 0.273. The van der Waals surface area contributed by atoms with Gasteiger partial charge in [-0.2, -0.15) is 0 Å². The Balaban J connectivity index is 2.47. The van der Waals surface area contributed by atoms with Crippen LogP contribution in [0.2, 0.25) is 0 Å². The molecule has 0 saturated carbocycles. The van der Waals surface area contributed by atoms with Gasteiger partial charge in [0.05, 0.1) is 13.2 Å². The summed E-state index contributed by atoms with van der Waals surface area (Å²) in [6.07, 6.45) is 2.20. The molecule has 0 aliphatic carbocycles. The highest BCUT2D eigenvalue weighted by Crippen LogP contribution is 2.17. The van der Waals surface area contributed by atoms with E-state index in [1.165, 1.54) is 16.7 Å². The van der Waals surface area contributed by atoms with E-state index in [-0.39, 0.29) is 0 Å². The molecule has 0 atom stereocenters. The first-order valence-electron chi connectivity index (χ1n) is 4.19. The highest BCUT2D eigenvalue weighted by Gasteiger charge is 2.04. The first-order valence-corrected chi connectivity index (χ1v) is 4.19. The van der Waals surface area contributed by atoms with Crippen LogP contribution in [-0.2, 0) is 11.3 Å². The fourth-order valence-electron chi connectivity index (χ4n) is 1.44. The summed E-state index contributed by atoms with van der Waals surface area (Å²) < 4.78 is 5.46. The molecule has 1 aliphatic heterocycles. The number of hydrogen-bond donors (Lipinski definition) is 0. The van der Waals surface area contributed by atoms with Gasteiger partial charge in [0.1, 0.15) is 0 Å². The zero-order valence-corrected chi connectivity index (χ0v) is 7.21. The molecular weight excluding hydrogens is 148 g/mol. The van der Waals surface area contributed by atoms with Crippen LogP contribution in [0.15, 0.2) is 29.8 Å². The van der Waals surface area contributed by atoms with Crippen LogP contribution in [0, 0.1) is 0 Å². The van der Waals surface area contributed by atoms with Gasteiger partial charge >= 0.3 is 0 Å². The van der Waals surface area contributed by atoms with Crippen molar-refractivity contribution in [3.05, 3.63) is 41.0 Å². The maximum Gasteiger partial charge on any atom is 0.0727 e. The molecule has 1 heterocycles. The minimum atomic E-state index is 0.740. The number of benzene rings is 1. The Kier molecular flexibility index (Phi) is 1.96. The molecule has 1 nitrogen and oxygen atoms in total. The molecule has 12 heavy (non-hydrogen) atoms. The Bertz CT molecular complexity index is 313. The first kappa shape index (κ1) is 7.56. The predicted molar refractivity (Wildman–Crippen MR) is 49.7 cm³/mol. The van der Waals surface area contributed by atoms with E-state index in [9.17, 15) is 0 Å². The molecule has 0 spiro atoms. The van der Waals surface area contributed by atoms with E-state index in [0.717, 1.165) is 13.2 Å². The van der Waals surface area contributed by atoms with Crippen molar-refractivity contribution in [3.8, 4) is 0 Å². The van der Waals surface area contributed by atoms with Gasteiger partial charge in [0.15, 0.2) is 0 Å². The summed E-state index contributed by atoms with van der Waals surface area (Å²) in [5.41, 5.74) is 3.88. The van der Waals surface area contributed by atoms with Crippen LogP contribution in [-0.4, -0.2) is 6.61 Å². The van der Waals surface area contributed by atoms with Crippen LogP contribution in [0.25, 0.3) is 6.08 Å². The quantitative estimate of drug-likeness (QED) is 0.567. The lowest BCUT2D eigenvalue weighted by Gasteiger charge is -2.01. The molecule has 1 heteroatoms. The maximum absolute atomic E-state index is 5.46. The molecule has 0 radical (unpaired) electrons. The summed E-state index contributed by atoms with van der Waals surface area (Å²) in [5, 5.41) is 0.